The van der Waals surface area contributed by atoms with Crippen molar-refractivity contribution in [1.29, 1.82) is 0 Å². The quantitative estimate of drug-likeness (QED) is 0.446. The first-order valence-corrected chi connectivity index (χ1v) is 13.2. The number of nitrogens with zero attached hydrogens (tertiary/aromatic N) is 1. The number of nitro benzene ring substituents is 1. The summed E-state index contributed by atoms with van der Waals surface area (Å²) < 4.78 is 9.58. The molecule has 0 saturated heterocycles. The Morgan fingerprint density at radius 2 is 1.59 bits per heavy atom. The molecule has 4 nitrogen and oxygen atoms in total. The number of benzene rings is 1. The monoisotopic (exact) mass is 345 g/mol. The second kappa shape index (κ2) is 6.23. The van der Waals surface area contributed by atoms with Crippen LogP contribution in [0.3, 0.4) is 0 Å². The molecular weight excluding hydrogens is 325 g/mol. The molecule has 0 spiro atoms. The molecule has 0 fully saturated rings. The van der Waals surface area contributed by atoms with Crippen LogP contribution in [0.2, 0.25) is 13.3 Å². The van der Waals surface area contributed by atoms with Gasteiger partial charge in [0.15, 0.2) is 0 Å². The van der Waals surface area contributed by atoms with Gasteiger partial charge in [-0.3, -0.25) is 0 Å². The molecule has 0 heterocycles. The van der Waals surface area contributed by atoms with Crippen molar-refractivity contribution < 1.29 is 8.00 Å². The topological polar surface area (TPSA) is 52.4 Å². The zero-order valence-electron chi connectivity index (χ0n) is 10.6. The Morgan fingerprint density at radius 3 is 1.94 bits per heavy atom. The first-order valence-electron chi connectivity index (χ1n) is 6.00. The molecule has 5 heteroatoms. The van der Waals surface area contributed by atoms with Gasteiger partial charge in [-0.2, -0.15) is 0 Å². The van der Waals surface area contributed by atoms with E-state index in [1.54, 1.807) is 12.1 Å². The van der Waals surface area contributed by atoms with Gasteiger partial charge in [0, 0.05) is 0 Å². The van der Waals surface area contributed by atoms with Gasteiger partial charge in [0.2, 0.25) is 0 Å². The van der Waals surface area contributed by atoms with Gasteiger partial charge in [-0.1, -0.05) is 0 Å². The van der Waals surface area contributed by atoms with Gasteiger partial charge in [-0.05, 0) is 0 Å². The zero-order chi connectivity index (χ0) is 12.9. The fourth-order valence-electron chi connectivity index (χ4n) is 1.85. The summed E-state index contributed by atoms with van der Waals surface area (Å²) >= 11 is -2.45. The second-order valence-corrected chi connectivity index (χ2v) is 17.5. The van der Waals surface area contributed by atoms with Gasteiger partial charge in [0.05, 0.1) is 0 Å². The van der Waals surface area contributed by atoms with Crippen LogP contribution in [0.25, 0.3) is 0 Å². The van der Waals surface area contributed by atoms with Crippen LogP contribution in [-0.2, 0) is 0 Å². The van der Waals surface area contributed by atoms with Crippen LogP contribution in [0, 0.1) is 10.1 Å². The molecule has 17 heavy (non-hydrogen) atoms. The zero-order valence-corrected chi connectivity index (χ0v) is 13.5. The van der Waals surface area contributed by atoms with Crippen molar-refractivity contribution >= 4 is 24.5 Å². The van der Waals surface area contributed by atoms with E-state index in [2.05, 4.69) is 20.8 Å². The Balaban J connectivity index is 2.84. The first-order chi connectivity index (χ1) is 8.06. The van der Waals surface area contributed by atoms with Crippen molar-refractivity contribution in [2.75, 3.05) is 0 Å². The molecule has 0 unspecified atom stereocenters. The fraction of sp³-hybridized carbons (Fsp3) is 0.500. The SMILES string of the molecule is C[CH2][Sn]([CH2]C)([CH2]C)[O]c1ccc([N+](=O)[O-])cc1. The van der Waals surface area contributed by atoms with Crippen molar-refractivity contribution in [1.82, 2.24) is 0 Å². The van der Waals surface area contributed by atoms with Crippen molar-refractivity contribution in [2.24, 2.45) is 0 Å². The molecule has 0 amide bonds. The number of hydrogen-bond acceptors (Lipinski definition) is 3. The molecule has 0 aliphatic rings. The molecule has 0 aliphatic heterocycles. The van der Waals surface area contributed by atoms with Crippen molar-refractivity contribution in [2.45, 2.75) is 34.1 Å². The molecular formula is C12H19NO3Sn. The Hall–Kier alpha value is -0.781. The molecule has 1 aromatic carbocycles. The van der Waals surface area contributed by atoms with E-state index in [9.17, 15) is 10.1 Å². The summed E-state index contributed by atoms with van der Waals surface area (Å²) in [5, 5.41) is 10.5. The van der Waals surface area contributed by atoms with Gasteiger partial charge >= 0.3 is 107 Å². The minimum atomic E-state index is -2.45. The molecule has 0 N–H and O–H groups in total. The third-order valence-electron chi connectivity index (χ3n) is 3.31. The molecule has 0 aromatic heterocycles. The van der Waals surface area contributed by atoms with Crippen molar-refractivity contribution in [3.8, 4) is 5.75 Å². The summed E-state index contributed by atoms with van der Waals surface area (Å²) in [5.41, 5.74) is 0.114. The van der Waals surface area contributed by atoms with Crippen molar-refractivity contribution in [3.63, 3.8) is 0 Å². The van der Waals surface area contributed by atoms with E-state index in [1.807, 2.05) is 0 Å². The molecule has 0 bridgehead atoms. The van der Waals surface area contributed by atoms with E-state index in [4.69, 9.17) is 3.07 Å². The van der Waals surface area contributed by atoms with Crippen LogP contribution >= 0.6 is 0 Å². The fourth-order valence-corrected chi connectivity index (χ4v) is 9.18. The molecule has 0 atom stereocenters. The van der Waals surface area contributed by atoms with Crippen LogP contribution in [-0.4, -0.2) is 23.7 Å². The molecule has 1 rings (SSSR count). The first kappa shape index (κ1) is 14.3. The average molecular weight is 344 g/mol. The molecule has 0 aliphatic carbocycles. The van der Waals surface area contributed by atoms with Gasteiger partial charge in [-0.25, -0.2) is 0 Å². The normalized spacial score (nSPS) is 11.2. The van der Waals surface area contributed by atoms with Crippen LogP contribution in [0.15, 0.2) is 24.3 Å². The Labute approximate surface area is 107 Å². The van der Waals surface area contributed by atoms with Crippen LogP contribution < -0.4 is 3.07 Å². The third-order valence-corrected chi connectivity index (χ3v) is 16.3. The minimum absolute atomic E-state index is 0.114. The standard InChI is InChI=1S/C6H5NO3.3C2H5.Sn/c8-6-3-1-5(2-4-6)7(9)10;3*1-2;/h1-4,8H;3*1H2,2H3;/q;;;;+1/p-1. The summed E-state index contributed by atoms with van der Waals surface area (Å²) in [6, 6.07) is 6.44. The predicted molar refractivity (Wildman–Crippen MR) is 70.9 cm³/mol. The summed E-state index contributed by atoms with van der Waals surface area (Å²) in [7, 11) is 0. The van der Waals surface area contributed by atoms with Gasteiger partial charge in [0.1, 0.15) is 0 Å². The van der Waals surface area contributed by atoms with Crippen LogP contribution in [0.1, 0.15) is 20.8 Å². The van der Waals surface area contributed by atoms with Crippen LogP contribution in [0.5, 0.6) is 5.75 Å². The molecule has 94 valence electrons. The van der Waals surface area contributed by atoms with Crippen molar-refractivity contribution in [3.05, 3.63) is 34.4 Å². The Kier molecular flexibility index (Phi) is 5.24. The van der Waals surface area contributed by atoms with E-state index in [0.717, 1.165) is 19.1 Å². The molecule has 0 radical (unpaired) electrons. The average Bonchev–Trinajstić information content (AvgIpc) is 2.37. The summed E-state index contributed by atoms with van der Waals surface area (Å²) in [6.45, 7) is 6.57. The maximum atomic E-state index is 10.5. The van der Waals surface area contributed by atoms with Gasteiger partial charge in [0.25, 0.3) is 0 Å². The van der Waals surface area contributed by atoms with E-state index in [-0.39, 0.29) is 10.6 Å². The predicted octanol–water partition coefficient (Wildman–Crippen LogP) is 3.98. The van der Waals surface area contributed by atoms with Crippen LogP contribution in [0.4, 0.5) is 5.69 Å². The van der Waals surface area contributed by atoms with E-state index in [0.29, 0.717) is 0 Å². The number of hydrogen-bond donors (Lipinski definition) is 0. The number of non-ortho nitro benzene ring substituents is 1. The Morgan fingerprint density at radius 1 is 1.12 bits per heavy atom. The second-order valence-electron chi connectivity index (χ2n) is 4.10. The Bertz CT molecular complexity index is 366. The third kappa shape index (κ3) is 3.59. The summed E-state index contributed by atoms with van der Waals surface area (Å²) in [5.74, 6) is 0.789. The van der Waals surface area contributed by atoms with Gasteiger partial charge < -0.3 is 0 Å². The number of nitro groups is 1. The van der Waals surface area contributed by atoms with E-state index in [1.165, 1.54) is 12.1 Å². The summed E-state index contributed by atoms with van der Waals surface area (Å²) in [6.07, 6.45) is 0. The summed E-state index contributed by atoms with van der Waals surface area (Å²) in [4.78, 5) is 10.2. The van der Waals surface area contributed by atoms with E-state index >= 15 is 0 Å². The molecule has 1 aromatic rings. The molecule has 0 saturated carbocycles. The van der Waals surface area contributed by atoms with Gasteiger partial charge in [-0.15, -0.1) is 0 Å². The van der Waals surface area contributed by atoms with E-state index < -0.39 is 18.8 Å². The number of rotatable bonds is 6. The maximum absolute atomic E-state index is 10.5.